The van der Waals surface area contributed by atoms with E-state index in [9.17, 15) is 4.79 Å². The van der Waals surface area contributed by atoms with E-state index in [0.29, 0.717) is 12.5 Å². The zero-order valence-corrected chi connectivity index (χ0v) is 11.4. The average Bonchev–Trinajstić information content (AvgIpc) is 2.76. The van der Waals surface area contributed by atoms with Gasteiger partial charge in [-0.25, -0.2) is 9.78 Å². The van der Waals surface area contributed by atoms with Crippen LogP contribution in [0.2, 0.25) is 0 Å². The number of esters is 1. The number of carbonyl (C=O) groups is 1. The van der Waals surface area contributed by atoms with E-state index in [4.69, 9.17) is 4.74 Å². The van der Waals surface area contributed by atoms with Crippen LogP contribution < -0.4 is 0 Å². The molecule has 1 heterocycles. The van der Waals surface area contributed by atoms with E-state index in [1.165, 1.54) is 19.3 Å². The van der Waals surface area contributed by atoms with E-state index in [2.05, 4.69) is 10.1 Å². The van der Waals surface area contributed by atoms with Gasteiger partial charge in [0.05, 0.1) is 6.61 Å². The highest BCUT2D eigenvalue weighted by Gasteiger charge is 2.66. The normalized spacial score (nSPS) is 38.3. The van der Waals surface area contributed by atoms with Gasteiger partial charge in [-0.15, -0.1) is 5.10 Å². The van der Waals surface area contributed by atoms with Crippen molar-refractivity contribution in [3.05, 3.63) is 11.6 Å². The first-order valence-electron chi connectivity index (χ1n) is 7.28. The zero-order valence-electron chi connectivity index (χ0n) is 11.4. The van der Waals surface area contributed by atoms with Gasteiger partial charge in [0.25, 0.3) is 5.82 Å². The number of fused-ring (bicyclic) bond motifs is 5. The fraction of sp³-hybridized carbons (Fsp3) is 0.786. The predicted molar refractivity (Wildman–Crippen MR) is 67.5 cm³/mol. The van der Waals surface area contributed by atoms with Crippen LogP contribution in [0, 0.1) is 23.7 Å². The molecule has 1 aromatic rings. The van der Waals surface area contributed by atoms with Gasteiger partial charge in [-0.1, -0.05) is 0 Å². The second-order valence-corrected chi connectivity index (χ2v) is 6.15. The van der Waals surface area contributed by atoms with Crippen LogP contribution in [0.15, 0.2) is 0 Å². The van der Waals surface area contributed by atoms with E-state index in [-0.39, 0.29) is 5.82 Å². The number of hydrogen-bond acceptors (Lipinski definition) is 4. The SMILES string of the molecule is CCOC(=O)c1nc(C2C3C4CCC(C4)C23)n(C)n1. The number of aryl methyl sites for hydroxylation is 1. The lowest BCUT2D eigenvalue weighted by molar-refractivity contribution is 0.0512. The Labute approximate surface area is 112 Å². The minimum atomic E-state index is -0.405. The molecule has 5 heteroatoms. The van der Waals surface area contributed by atoms with E-state index in [1.54, 1.807) is 11.6 Å². The Kier molecular flexibility index (Phi) is 2.29. The highest BCUT2D eigenvalue weighted by Crippen LogP contribution is 2.72. The second kappa shape index (κ2) is 3.81. The molecule has 19 heavy (non-hydrogen) atoms. The third-order valence-corrected chi connectivity index (χ3v) is 5.29. The van der Waals surface area contributed by atoms with E-state index < -0.39 is 5.97 Å². The molecule has 4 rings (SSSR count). The maximum atomic E-state index is 11.7. The third kappa shape index (κ3) is 1.50. The molecule has 3 saturated carbocycles. The van der Waals surface area contributed by atoms with Crippen LogP contribution in [-0.4, -0.2) is 27.3 Å². The van der Waals surface area contributed by atoms with Gasteiger partial charge in [0.2, 0.25) is 0 Å². The summed E-state index contributed by atoms with van der Waals surface area (Å²) in [7, 11) is 1.89. The fourth-order valence-corrected chi connectivity index (χ4v) is 4.64. The predicted octanol–water partition coefficient (Wildman–Crippen LogP) is 1.75. The summed E-state index contributed by atoms with van der Waals surface area (Å²) in [5.74, 6) is 4.80. The number of rotatable bonds is 3. The third-order valence-electron chi connectivity index (χ3n) is 5.29. The first kappa shape index (κ1) is 11.4. The van der Waals surface area contributed by atoms with Crippen molar-refractivity contribution in [1.82, 2.24) is 14.8 Å². The molecule has 0 N–H and O–H groups in total. The quantitative estimate of drug-likeness (QED) is 0.778. The smallest absolute Gasteiger partial charge is 0.378 e. The molecule has 1 aromatic heterocycles. The Bertz CT molecular complexity index is 523. The van der Waals surface area contributed by atoms with Gasteiger partial charge in [0, 0.05) is 13.0 Å². The Morgan fingerprint density at radius 3 is 2.68 bits per heavy atom. The summed E-state index contributed by atoms with van der Waals surface area (Å²) >= 11 is 0. The van der Waals surface area contributed by atoms with Crippen LogP contribution in [0.5, 0.6) is 0 Å². The Balaban J connectivity index is 1.58. The molecule has 0 spiro atoms. The largest absolute Gasteiger partial charge is 0.460 e. The monoisotopic (exact) mass is 261 g/mol. The van der Waals surface area contributed by atoms with Crippen molar-refractivity contribution in [2.75, 3.05) is 6.61 Å². The van der Waals surface area contributed by atoms with Crippen molar-refractivity contribution in [3.63, 3.8) is 0 Å². The lowest BCUT2D eigenvalue weighted by atomic mass is 10.0. The van der Waals surface area contributed by atoms with Crippen molar-refractivity contribution in [2.24, 2.45) is 30.7 Å². The molecule has 5 nitrogen and oxygen atoms in total. The molecule has 4 unspecified atom stereocenters. The van der Waals surface area contributed by atoms with Gasteiger partial charge < -0.3 is 4.74 Å². The van der Waals surface area contributed by atoms with Crippen molar-refractivity contribution in [2.45, 2.75) is 32.1 Å². The van der Waals surface area contributed by atoms with Crippen molar-refractivity contribution >= 4 is 5.97 Å². The standard InChI is InChI=1S/C14H19N3O2/c1-3-19-14(18)12-15-13(17(2)16-12)11-9-7-4-5-8(6-7)10(9)11/h7-11H,3-6H2,1-2H3. The lowest BCUT2D eigenvalue weighted by Crippen LogP contribution is -2.07. The molecule has 3 fully saturated rings. The molecule has 3 aliphatic carbocycles. The minimum Gasteiger partial charge on any atom is -0.460 e. The Morgan fingerprint density at radius 2 is 2.05 bits per heavy atom. The van der Waals surface area contributed by atoms with Crippen molar-refractivity contribution in [3.8, 4) is 0 Å². The first-order chi connectivity index (χ1) is 9.20. The number of aromatic nitrogens is 3. The topological polar surface area (TPSA) is 57.0 Å². The summed E-state index contributed by atoms with van der Waals surface area (Å²) in [5.41, 5.74) is 0. The van der Waals surface area contributed by atoms with Crippen LogP contribution in [0.1, 0.15) is 48.5 Å². The van der Waals surface area contributed by atoms with Gasteiger partial charge >= 0.3 is 5.97 Å². The van der Waals surface area contributed by atoms with Crippen LogP contribution in [0.3, 0.4) is 0 Å². The maximum Gasteiger partial charge on any atom is 0.378 e. The summed E-state index contributed by atoms with van der Waals surface area (Å²) in [4.78, 5) is 16.1. The number of ether oxygens (including phenoxy) is 1. The Hall–Kier alpha value is -1.39. The summed E-state index contributed by atoms with van der Waals surface area (Å²) < 4.78 is 6.75. The molecule has 0 amide bonds. The van der Waals surface area contributed by atoms with Crippen LogP contribution >= 0.6 is 0 Å². The van der Waals surface area contributed by atoms with Gasteiger partial charge in [-0.3, -0.25) is 4.68 Å². The molecule has 0 aliphatic heterocycles. The van der Waals surface area contributed by atoms with Crippen LogP contribution in [-0.2, 0) is 11.8 Å². The molecule has 3 aliphatic rings. The zero-order chi connectivity index (χ0) is 13.1. The van der Waals surface area contributed by atoms with Gasteiger partial charge in [0.1, 0.15) is 5.82 Å². The number of hydrogen-bond donors (Lipinski definition) is 0. The number of nitrogens with zero attached hydrogens (tertiary/aromatic N) is 3. The lowest BCUT2D eigenvalue weighted by Gasteiger charge is -2.07. The van der Waals surface area contributed by atoms with E-state index in [1.807, 2.05) is 7.05 Å². The maximum absolute atomic E-state index is 11.7. The molecule has 2 bridgehead atoms. The minimum absolute atomic E-state index is 0.219. The molecule has 102 valence electrons. The van der Waals surface area contributed by atoms with Gasteiger partial charge in [-0.2, -0.15) is 0 Å². The van der Waals surface area contributed by atoms with Crippen LogP contribution in [0.25, 0.3) is 0 Å². The molecular weight excluding hydrogens is 242 g/mol. The second-order valence-electron chi connectivity index (χ2n) is 6.15. The highest BCUT2D eigenvalue weighted by molar-refractivity contribution is 5.85. The average molecular weight is 261 g/mol. The Morgan fingerprint density at radius 1 is 1.37 bits per heavy atom. The molecule has 0 radical (unpaired) electrons. The highest BCUT2D eigenvalue weighted by atomic mass is 16.5. The number of carbonyl (C=O) groups excluding carboxylic acids is 1. The van der Waals surface area contributed by atoms with Gasteiger partial charge in [-0.05, 0) is 49.9 Å². The van der Waals surface area contributed by atoms with Crippen molar-refractivity contribution in [1.29, 1.82) is 0 Å². The fourth-order valence-electron chi connectivity index (χ4n) is 4.64. The molecular formula is C14H19N3O2. The van der Waals surface area contributed by atoms with E-state index >= 15 is 0 Å². The van der Waals surface area contributed by atoms with Crippen molar-refractivity contribution < 1.29 is 9.53 Å². The summed E-state index contributed by atoms with van der Waals surface area (Å²) in [5, 5.41) is 4.22. The van der Waals surface area contributed by atoms with E-state index in [0.717, 1.165) is 29.5 Å². The molecule has 0 saturated heterocycles. The summed E-state index contributed by atoms with van der Waals surface area (Å²) in [6.07, 6.45) is 4.21. The van der Waals surface area contributed by atoms with Crippen LogP contribution in [0.4, 0.5) is 0 Å². The first-order valence-corrected chi connectivity index (χ1v) is 7.28. The van der Waals surface area contributed by atoms with Gasteiger partial charge in [0.15, 0.2) is 0 Å². The molecule has 0 aromatic carbocycles. The summed E-state index contributed by atoms with van der Waals surface area (Å²) in [6.45, 7) is 2.16. The summed E-state index contributed by atoms with van der Waals surface area (Å²) in [6, 6.07) is 0. The molecule has 4 atom stereocenters.